The van der Waals surface area contributed by atoms with Gasteiger partial charge in [0.2, 0.25) is 11.4 Å². The Hall–Kier alpha value is -3.81. The van der Waals surface area contributed by atoms with Gasteiger partial charge in [0.25, 0.3) is 0 Å². The molecular weight excluding hydrogens is 765 g/mol. The third-order valence-corrected chi connectivity index (χ3v) is 10.1. The number of fused-ring (bicyclic) bond motifs is 6. The zero-order valence-corrected chi connectivity index (χ0v) is 32.5. The largest absolute Gasteiger partial charge is 1.00 e. The summed E-state index contributed by atoms with van der Waals surface area (Å²) < 4.78 is 4.64. The molecule has 5 aromatic rings. The molecule has 1 atom stereocenters. The van der Waals surface area contributed by atoms with Gasteiger partial charge >= 0.3 is 0 Å². The van der Waals surface area contributed by atoms with E-state index in [1.807, 2.05) is 36.6 Å². The van der Waals surface area contributed by atoms with Gasteiger partial charge in [-0.15, -0.1) is 6.58 Å². The van der Waals surface area contributed by atoms with Gasteiger partial charge in [0, 0.05) is 48.1 Å². The minimum atomic E-state index is -0.0395. The molecule has 1 unspecified atom stereocenters. The van der Waals surface area contributed by atoms with Crippen LogP contribution in [-0.2, 0) is 10.8 Å². The van der Waals surface area contributed by atoms with E-state index in [-0.39, 0.29) is 51.8 Å². The van der Waals surface area contributed by atoms with Crippen molar-refractivity contribution in [2.24, 2.45) is 0 Å². The number of allylic oxidation sites excluding steroid dienone is 4. The van der Waals surface area contributed by atoms with Crippen LogP contribution in [0.4, 0.5) is 17.1 Å². The van der Waals surface area contributed by atoms with Gasteiger partial charge in [0.05, 0.1) is 10.8 Å². The van der Waals surface area contributed by atoms with E-state index in [9.17, 15) is 0 Å². The van der Waals surface area contributed by atoms with Gasteiger partial charge in [0.1, 0.15) is 14.1 Å². The lowest BCUT2D eigenvalue weighted by molar-refractivity contribution is -0.403. The average molecular weight is 811 g/mol. The zero-order chi connectivity index (χ0) is 32.5. The Morgan fingerprint density at radius 3 is 1.83 bits per heavy atom. The summed E-state index contributed by atoms with van der Waals surface area (Å²) in [4.78, 5) is 0. The summed E-state index contributed by atoms with van der Waals surface area (Å²) in [6, 6.07) is 36.4. The minimum Gasteiger partial charge on any atom is -1.00 e. The summed E-state index contributed by atoms with van der Waals surface area (Å²) >= 11 is 0. The van der Waals surface area contributed by atoms with Gasteiger partial charge in [0.15, 0.2) is 11.4 Å². The molecule has 5 aromatic carbocycles. The van der Waals surface area contributed by atoms with Crippen LogP contribution in [0.5, 0.6) is 0 Å². The monoisotopic (exact) mass is 809 g/mol. The van der Waals surface area contributed by atoms with E-state index in [0.29, 0.717) is 0 Å². The lowest BCUT2D eigenvalue weighted by Crippen LogP contribution is -3.00. The highest BCUT2D eigenvalue weighted by molar-refractivity contribution is 6.07. The van der Waals surface area contributed by atoms with Crippen LogP contribution in [0.1, 0.15) is 45.2 Å². The maximum absolute atomic E-state index is 3.95. The molecule has 0 spiro atoms. The Labute approximate surface area is 313 Å². The number of hydrogen-bond donors (Lipinski definition) is 1. The second-order valence-electron chi connectivity index (χ2n) is 13.1. The number of rotatable bonds is 6. The van der Waals surface area contributed by atoms with Crippen molar-refractivity contribution >= 4 is 50.0 Å². The summed E-state index contributed by atoms with van der Waals surface area (Å²) in [5.74, 6) is 0. The number of benzene rings is 5. The van der Waals surface area contributed by atoms with E-state index in [2.05, 4.69) is 160 Å². The van der Waals surface area contributed by atoms with Crippen LogP contribution >= 0.6 is 0 Å². The summed E-state index contributed by atoms with van der Waals surface area (Å²) in [6.45, 7) is 13.1. The molecule has 2 heterocycles. The van der Waals surface area contributed by atoms with Crippen LogP contribution in [0.25, 0.3) is 21.5 Å². The van der Waals surface area contributed by atoms with E-state index in [1.54, 1.807) is 0 Å². The molecule has 1 N–H and O–H groups in total. The zero-order valence-electron chi connectivity index (χ0n) is 28.8. The first-order valence-corrected chi connectivity index (χ1v) is 16.2. The molecule has 0 aromatic heterocycles. The van der Waals surface area contributed by atoms with Gasteiger partial charge < -0.3 is 46.3 Å². The number of hydrogen-bond acceptors (Lipinski definition) is 1. The molecular formula is C43H45BrIN3. The maximum atomic E-state index is 3.95. The molecule has 0 bridgehead atoms. The van der Waals surface area contributed by atoms with Crippen molar-refractivity contribution in [3.63, 3.8) is 0 Å². The molecule has 7 rings (SSSR count). The van der Waals surface area contributed by atoms with Crippen molar-refractivity contribution < 1.29 is 50.1 Å². The quantitative estimate of drug-likeness (QED) is 0.116. The number of anilines is 1. The molecule has 246 valence electrons. The highest BCUT2D eigenvalue weighted by Gasteiger charge is 2.46. The molecule has 0 fully saturated rings. The van der Waals surface area contributed by atoms with Gasteiger partial charge in [-0.3, -0.25) is 0 Å². The van der Waals surface area contributed by atoms with Crippen LogP contribution in [0.2, 0.25) is 0 Å². The van der Waals surface area contributed by atoms with Crippen molar-refractivity contribution in [2.75, 3.05) is 19.4 Å². The first-order valence-electron chi connectivity index (χ1n) is 16.2. The molecule has 0 saturated heterocycles. The Balaban J connectivity index is 0.000000220. The summed E-state index contributed by atoms with van der Waals surface area (Å²) in [5, 5.41) is 8.62. The van der Waals surface area contributed by atoms with Crippen molar-refractivity contribution in [3.05, 3.63) is 151 Å². The van der Waals surface area contributed by atoms with Gasteiger partial charge in [-0.25, -0.2) is 4.58 Å². The molecule has 0 saturated carbocycles. The fourth-order valence-electron chi connectivity index (χ4n) is 7.46. The third kappa shape index (κ3) is 6.59. The number of halogens is 2. The van der Waals surface area contributed by atoms with E-state index >= 15 is 0 Å². The first kappa shape index (κ1) is 37.0. The van der Waals surface area contributed by atoms with E-state index in [1.165, 1.54) is 55.5 Å². The average Bonchev–Trinajstić information content (AvgIpc) is 3.39. The van der Waals surface area contributed by atoms with Crippen LogP contribution in [0.3, 0.4) is 0 Å². The Bertz CT molecular complexity index is 2090. The first-order chi connectivity index (χ1) is 22.2. The molecule has 48 heavy (non-hydrogen) atoms. The van der Waals surface area contributed by atoms with Crippen molar-refractivity contribution in [1.29, 1.82) is 0 Å². The van der Waals surface area contributed by atoms with E-state index in [4.69, 9.17) is 0 Å². The molecule has 3 nitrogen and oxygen atoms in total. The smallest absolute Gasteiger partial charge is 0.210 e. The van der Waals surface area contributed by atoms with Crippen LogP contribution < -0.4 is 46.3 Å². The topological polar surface area (TPSA) is 18.0 Å². The summed E-state index contributed by atoms with van der Waals surface area (Å²) in [5.41, 5.74) is 9.31. The molecule has 5 heteroatoms. The fourth-order valence-corrected chi connectivity index (χ4v) is 7.46. The summed E-state index contributed by atoms with van der Waals surface area (Å²) in [6.07, 6.45) is 11.4. The molecule has 2 aliphatic heterocycles. The third-order valence-electron chi connectivity index (χ3n) is 10.1. The Morgan fingerprint density at radius 2 is 1.23 bits per heavy atom. The van der Waals surface area contributed by atoms with Crippen LogP contribution in [0, 0.1) is 0 Å². The number of nitrogens with zero attached hydrogens (tertiary/aromatic N) is 2. The van der Waals surface area contributed by atoms with Crippen LogP contribution in [-0.4, -0.2) is 34.7 Å². The Kier molecular flexibility index (Phi) is 11.7. The van der Waals surface area contributed by atoms with Crippen molar-refractivity contribution in [2.45, 2.75) is 44.9 Å². The molecule has 0 aliphatic carbocycles. The predicted molar refractivity (Wildman–Crippen MR) is 199 cm³/mol. The number of para-hydroxylation sites is 1. The van der Waals surface area contributed by atoms with Gasteiger partial charge in [-0.1, -0.05) is 78.9 Å². The van der Waals surface area contributed by atoms with Crippen molar-refractivity contribution in [3.8, 4) is 0 Å². The van der Waals surface area contributed by atoms with Crippen LogP contribution in [0.15, 0.2) is 140 Å². The molecule has 0 radical (unpaired) electrons. The molecule has 2 aliphatic rings. The highest BCUT2D eigenvalue weighted by Crippen LogP contribution is 2.46. The van der Waals surface area contributed by atoms with Crippen molar-refractivity contribution in [1.82, 2.24) is 0 Å². The highest BCUT2D eigenvalue weighted by atomic mass is 127. The van der Waals surface area contributed by atoms with Gasteiger partial charge in [-0.2, -0.15) is 4.58 Å². The Morgan fingerprint density at radius 1 is 0.688 bits per heavy atom. The maximum Gasteiger partial charge on any atom is 0.210 e. The second kappa shape index (κ2) is 15.2. The van der Waals surface area contributed by atoms with Gasteiger partial charge in [-0.05, 0) is 79.1 Å². The normalized spacial score (nSPS) is 17.5. The van der Waals surface area contributed by atoms with E-state index in [0.717, 1.165) is 12.1 Å². The predicted octanol–water partition coefficient (Wildman–Crippen LogP) is 4.46. The fraction of sp³-hybridized carbons (Fsp3) is 0.209. The summed E-state index contributed by atoms with van der Waals surface area (Å²) in [7, 11) is 4.32. The molecule has 0 amide bonds. The minimum absolute atomic E-state index is 0. The van der Waals surface area contributed by atoms with E-state index < -0.39 is 0 Å². The second-order valence-corrected chi connectivity index (χ2v) is 13.1. The lowest BCUT2D eigenvalue weighted by Gasteiger charge is -2.21. The number of nitrogens with one attached hydrogen (secondary N) is 1. The standard InChI is InChI=1S/C25H24N2.C18H20N.BrH.HI/c1-25(2)23(15-9-10-18-26-20-12-5-4-6-13-20)27(3)22-17-16-19-11-7-8-14-21(19)24(22)25;1-5-12-18(3)13(2)19(4)16-11-10-14-8-6-7-9-15(14)17(16)18;;/h4-18H,1-3H3;5-11H,1,12H2,2-4H3;2*1H/q;+1;;/p-1. The lowest BCUT2D eigenvalue weighted by atomic mass is 9.75. The SMILES string of the molecule is C=CCC1(C)C(C)=[N+](C)c2ccc3ccccc3c21.C[N+]1=C(/C=C/C=C/Nc2ccccc2)C(C)(C)c2c1ccc1ccccc21.[Br-].[I-].